The highest BCUT2D eigenvalue weighted by atomic mass is 16.5. The zero-order valence-corrected chi connectivity index (χ0v) is 24.2. The zero-order valence-electron chi connectivity index (χ0n) is 24.2. The van der Waals surface area contributed by atoms with Gasteiger partial charge in [-0.25, -0.2) is 4.79 Å². The number of ether oxygens (including phenoxy) is 3. The average Bonchev–Trinajstić information content (AvgIpc) is 3.31. The molecular weight excluding hydrogens is 534 g/mol. The van der Waals surface area contributed by atoms with E-state index in [2.05, 4.69) is 6.92 Å². The quantitative estimate of drug-likeness (QED) is 0.133. The second-order valence-corrected chi connectivity index (χ2v) is 10.3. The van der Waals surface area contributed by atoms with Crippen molar-refractivity contribution in [3.05, 3.63) is 99.4 Å². The van der Waals surface area contributed by atoms with Crippen molar-refractivity contribution in [2.24, 2.45) is 0 Å². The van der Waals surface area contributed by atoms with Crippen LogP contribution >= 0.6 is 0 Å². The van der Waals surface area contributed by atoms with Crippen molar-refractivity contribution in [3.63, 3.8) is 0 Å². The molecule has 1 aromatic heterocycles. The summed E-state index contributed by atoms with van der Waals surface area (Å²) >= 11 is 0. The Labute approximate surface area is 244 Å². The molecule has 0 bridgehead atoms. The number of carbonyl (C=O) groups is 2. The fourth-order valence-corrected chi connectivity index (χ4v) is 5.16. The Morgan fingerprint density at radius 2 is 1.64 bits per heavy atom. The van der Waals surface area contributed by atoms with E-state index in [0.29, 0.717) is 52.5 Å². The molecule has 0 spiro atoms. The Kier molecular flexibility index (Phi) is 8.91. The van der Waals surface area contributed by atoms with Gasteiger partial charge < -0.3 is 18.6 Å². The molecule has 5 rings (SSSR count). The molecule has 0 saturated heterocycles. The Morgan fingerprint density at radius 3 is 2.38 bits per heavy atom. The molecule has 1 aliphatic rings. The van der Waals surface area contributed by atoms with E-state index in [-0.39, 0.29) is 16.8 Å². The van der Waals surface area contributed by atoms with Gasteiger partial charge in [-0.1, -0.05) is 51.3 Å². The van der Waals surface area contributed by atoms with E-state index in [4.69, 9.17) is 18.6 Å². The lowest BCUT2D eigenvalue weighted by molar-refractivity contribution is 0.0499. The lowest BCUT2D eigenvalue weighted by Crippen LogP contribution is -2.29. The molecule has 218 valence electrons. The smallest absolute Gasteiger partial charge is 0.338 e. The molecule has 8 nitrogen and oxygen atoms in total. The first-order chi connectivity index (χ1) is 20.5. The van der Waals surface area contributed by atoms with Gasteiger partial charge in [0.2, 0.25) is 5.76 Å². The summed E-state index contributed by atoms with van der Waals surface area (Å²) < 4.78 is 23.0. The Hall–Kier alpha value is -4.59. The summed E-state index contributed by atoms with van der Waals surface area (Å²) in [5.74, 6) is 0.204. The van der Waals surface area contributed by atoms with Gasteiger partial charge in [-0.2, -0.15) is 0 Å². The molecule has 1 unspecified atom stereocenters. The fourth-order valence-electron chi connectivity index (χ4n) is 5.16. The number of amides is 1. The molecule has 0 N–H and O–H groups in total. The maximum Gasteiger partial charge on any atom is 0.338 e. The highest BCUT2D eigenvalue weighted by Crippen LogP contribution is 2.43. The molecular formula is C34H35NO7. The van der Waals surface area contributed by atoms with Crippen LogP contribution in [0.3, 0.4) is 0 Å². The van der Waals surface area contributed by atoms with Gasteiger partial charge in [0, 0.05) is 5.69 Å². The molecule has 1 aliphatic heterocycles. The van der Waals surface area contributed by atoms with Gasteiger partial charge in [0.05, 0.1) is 42.9 Å². The van der Waals surface area contributed by atoms with Crippen LogP contribution in [0.2, 0.25) is 0 Å². The van der Waals surface area contributed by atoms with Crippen LogP contribution < -0.4 is 19.8 Å². The molecule has 0 saturated carbocycles. The normalized spacial score (nSPS) is 14.2. The lowest BCUT2D eigenvalue weighted by Gasteiger charge is -2.26. The number of methoxy groups -OCH3 is 1. The Morgan fingerprint density at radius 1 is 0.881 bits per heavy atom. The number of rotatable bonds is 12. The van der Waals surface area contributed by atoms with Crippen LogP contribution in [-0.4, -0.2) is 32.2 Å². The number of unbranched alkanes of at least 4 members (excludes halogenated alkanes) is 3. The number of nitrogens with zero attached hydrogens (tertiary/aromatic N) is 1. The Bertz CT molecular complexity index is 1640. The number of fused-ring (bicyclic) bond motifs is 2. The molecule has 42 heavy (non-hydrogen) atoms. The van der Waals surface area contributed by atoms with E-state index in [9.17, 15) is 14.4 Å². The summed E-state index contributed by atoms with van der Waals surface area (Å²) in [5, 5.41) is 0.393. The molecule has 3 aromatic carbocycles. The minimum atomic E-state index is -0.793. The van der Waals surface area contributed by atoms with Gasteiger partial charge in [0.25, 0.3) is 5.91 Å². The lowest BCUT2D eigenvalue weighted by atomic mass is 9.97. The van der Waals surface area contributed by atoms with Crippen molar-refractivity contribution in [1.29, 1.82) is 0 Å². The molecule has 8 heteroatoms. The first-order valence-electron chi connectivity index (χ1n) is 14.5. The third kappa shape index (κ3) is 5.62. The predicted octanol–water partition coefficient (Wildman–Crippen LogP) is 7.08. The summed E-state index contributed by atoms with van der Waals surface area (Å²) in [5.41, 5.74) is 1.85. The van der Waals surface area contributed by atoms with E-state index < -0.39 is 17.9 Å². The van der Waals surface area contributed by atoms with Crippen LogP contribution in [0, 0.1) is 0 Å². The molecule has 2 heterocycles. The van der Waals surface area contributed by atoms with Crippen molar-refractivity contribution in [2.45, 2.75) is 52.0 Å². The van der Waals surface area contributed by atoms with E-state index in [1.807, 2.05) is 13.0 Å². The maximum absolute atomic E-state index is 13.9. The third-order valence-electron chi connectivity index (χ3n) is 7.40. The fraction of sp³-hybridized carbons (Fsp3) is 0.324. The molecule has 1 amide bonds. The highest BCUT2D eigenvalue weighted by Gasteiger charge is 2.44. The number of para-hydroxylation sites is 1. The van der Waals surface area contributed by atoms with Gasteiger partial charge >= 0.3 is 5.97 Å². The first-order valence-corrected chi connectivity index (χ1v) is 14.5. The van der Waals surface area contributed by atoms with Crippen LogP contribution in [-0.2, 0) is 4.74 Å². The molecule has 1 atom stereocenters. The average molecular weight is 570 g/mol. The highest BCUT2D eigenvalue weighted by molar-refractivity contribution is 6.10. The van der Waals surface area contributed by atoms with E-state index in [1.165, 1.54) is 4.90 Å². The van der Waals surface area contributed by atoms with Gasteiger partial charge in [0.1, 0.15) is 5.58 Å². The molecule has 0 fully saturated rings. The molecule has 0 radical (unpaired) electrons. The van der Waals surface area contributed by atoms with Crippen molar-refractivity contribution in [3.8, 4) is 11.5 Å². The topological polar surface area (TPSA) is 95.3 Å². The maximum atomic E-state index is 13.9. The number of hydrogen-bond donors (Lipinski definition) is 0. The van der Waals surface area contributed by atoms with Crippen molar-refractivity contribution >= 4 is 28.5 Å². The minimum absolute atomic E-state index is 0.00869. The summed E-state index contributed by atoms with van der Waals surface area (Å²) in [6, 6.07) is 18.1. The Balaban J connectivity index is 1.57. The monoisotopic (exact) mass is 569 g/mol. The van der Waals surface area contributed by atoms with Crippen LogP contribution in [0.5, 0.6) is 11.5 Å². The summed E-state index contributed by atoms with van der Waals surface area (Å²) in [4.78, 5) is 41.8. The predicted molar refractivity (Wildman–Crippen MR) is 161 cm³/mol. The second kappa shape index (κ2) is 12.9. The largest absolute Gasteiger partial charge is 0.493 e. The summed E-state index contributed by atoms with van der Waals surface area (Å²) in [6.45, 7) is 5.06. The number of hydrogen-bond acceptors (Lipinski definition) is 7. The van der Waals surface area contributed by atoms with E-state index in [0.717, 1.165) is 32.1 Å². The van der Waals surface area contributed by atoms with Crippen molar-refractivity contribution < 1.29 is 28.2 Å². The number of anilines is 1. The van der Waals surface area contributed by atoms with Gasteiger partial charge in [-0.15, -0.1) is 0 Å². The van der Waals surface area contributed by atoms with E-state index >= 15 is 0 Å². The zero-order chi connectivity index (χ0) is 29.6. The third-order valence-corrected chi connectivity index (χ3v) is 7.40. The first kappa shape index (κ1) is 28.9. The molecule has 4 aromatic rings. The van der Waals surface area contributed by atoms with Gasteiger partial charge in [-0.3, -0.25) is 14.5 Å². The van der Waals surface area contributed by atoms with Crippen LogP contribution in [0.4, 0.5) is 5.69 Å². The van der Waals surface area contributed by atoms with E-state index in [1.54, 1.807) is 67.8 Å². The SMILES string of the molecule is CCCCCOc1ccc(C2c3c(oc4ccccc4c3=O)C(=O)N2c2ccc(C(=O)OCCCC)cc2)cc1OC. The van der Waals surface area contributed by atoms with Gasteiger partial charge in [-0.05, 0) is 66.9 Å². The van der Waals surface area contributed by atoms with Crippen LogP contribution in [0.15, 0.2) is 75.9 Å². The molecule has 0 aliphatic carbocycles. The minimum Gasteiger partial charge on any atom is -0.493 e. The number of esters is 1. The van der Waals surface area contributed by atoms with Crippen molar-refractivity contribution in [2.75, 3.05) is 25.2 Å². The summed E-state index contributed by atoms with van der Waals surface area (Å²) in [6.07, 6.45) is 4.78. The van der Waals surface area contributed by atoms with Crippen molar-refractivity contribution in [1.82, 2.24) is 0 Å². The summed E-state index contributed by atoms with van der Waals surface area (Å²) in [7, 11) is 1.56. The number of benzene rings is 3. The van der Waals surface area contributed by atoms with Crippen LogP contribution in [0.1, 0.15) is 84.0 Å². The van der Waals surface area contributed by atoms with Crippen LogP contribution in [0.25, 0.3) is 11.0 Å². The standard InChI is InChI=1S/C34H35NO7/c1-4-6-10-20-40-27-18-15-23(21-28(27)39-3)30-29-31(36)25-11-8-9-12-26(25)42-32(29)33(37)35(30)24-16-13-22(14-17-24)34(38)41-19-7-5-2/h8-9,11-18,21,30H,4-7,10,19-20H2,1-3H3. The van der Waals surface area contributed by atoms with Gasteiger partial charge in [0.15, 0.2) is 16.9 Å². The number of carbonyl (C=O) groups excluding carboxylic acids is 2. The second-order valence-electron chi connectivity index (χ2n) is 10.3.